The van der Waals surface area contributed by atoms with Crippen LogP contribution in [0.5, 0.6) is 5.75 Å². The van der Waals surface area contributed by atoms with Crippen molar-refractivity contribution in [3.63, 3.8) is 0 Å². The van der Waals surface area contributed by atoms with Crippen LogP contribution in [0.15, 0.2) is 36.7 Å². The fraction of sp³-hybridized carbons (Fsp3) is 0.400. The molecule has 1 aliphatic rings. The van der Waals surface area contributed by atoms with Gasteiger partial charge in [-0.3, -0.25) is 4.79 Å². The quantitative estimate of drug-likeness (QED) is 0.797. The van der Waals surface area contributed by atoms with E-state index in [-0.39, 0.29) is 17.7 Å². The Morgan fingerprint density at radius 1 is 1.03 bits per heavy atom. The number of para-hydroxylation sites is 2. The largest absolute Gasteiger partial charge is 0.492 e. The molecule has 0 bridgehead atoms. The van der Waals surface area contributed by atoms with Gasteiger partial charge in [-0.15, -0.1) is 0 Å². The van der Waals surface area contributed by atoms with E-state index in [0.717, 1.165) is 0 Å². The first-order chi connectivity index (χ1) is 14.1. The predicted octanol–water partition coefficient (Wildman–Crippen LogP) is 2.41. The Kier molecular flexibility index (Phi) is 6.83. The number of carbonyl (C=O) groups is 2. The number of benzene rings is 1. The highest BCUT2D eigenvalue weighted by Gasteiger charge is 2.23. The van der Waals surface area contributed by atoms with E-state index in [2.05, 4.69) is 15.3 Å². The fourth-order valence-electron chi connectivity index (χ4n) is 2.97. The maximum absolute atomic E-state index is 12.5. The van der Waals surface area contributed by atoms with Crippen LogP contribution in [0, 0.1) is 0 Å². The molecule has 1 fully saturated rings. The van der Waals surface area contributed by atoms with Crippen LogP contribution in [0.1, 0.15) is 24.3 Å². The number of piperazine rings is 1. The van der Waals surface area contributed by atoms with Crippen molar-refractivity contribution in [1.29, 1.82) is 0 Å². The van der Waals surface area contributed by atoms with Crippen LogP contribution < -0.4 is 15.0 Å². The number of nitrogens with one attached hydrogen (secondary N) is 1. The minimum absolute atomic E-state index is 0.213. The van der Waals surface area contributed by atoms with Gasteiger partial charge >= 0.3 is 6.09 Å². The lowest BCUT2D eigenvalue weighted by atomic mass is 10.2. The van der Waals surface area contributed by atoms with Crippen molar-refractivity contribution in [3.05, 3.63) is 42.4 Å². The lowest BCUT2D eigenvalue weighted by molar-refractivity contribution is 0.101. The third-order valence-corrected chi connectivity index (χ3v) is 4.44. The zero-order chi connectivity index (χ0) is 20.6. The van der Waals surface area contributed by atoms with Crippen molar-refractivity contribution in [1.82, 2.24) is 14.9 Å². The summed E-state index contributed by atoms with van der Waals surface area (Å²) in [7, 11) is 0. The molecule has 154 valence electrons. The number of ether oxygens (including phenoxy) is 2. The number of amides is 2. The number of nitrogens with zero attached hydrogens (tertiary/aromatic N) is 4. The summed E-state index contributed by atoms with van der Waals surface area (Å²) in [6.07, 6.45) is 2.73. The highest BCUT2D eigenvalue weighted by Crippen LogP contribution is 2.24. The zero-order valence-electron chi connectivity index (χ0n) is 16.6. The third-order valence-electron chi connectivity index (χ3n) is 4.44. The summed E-state index contributed by atoms with van der Waals surface area (Å²) in [5.41, 5.74) is 0.797. The van der Waals surface area contributed by atoms with Gasteiger partial charge in [0.15, 0.2) is 0 Å². The van der Waals surface area contributed by atoms with Crippen molar-refractivity contribution in [2.45, 2.75) is 13.8 Å². The summed E-state index contributed by atoms with van der Waals surface area (Å²) in [5.74, 6) is 0.913. The second-order valence-corrected chi connectivity index (χ2v) is 6.32. The van der Waals surface area contributed by atoms with E-state index in [1.807, 2.05) is 24.0 Å². The average Bonchev–Trinajstić information content (AvgIpc) is 2.76. The summed E-state index contributed by atoms with van der Waals surface area (Å²) < 4.78 is 10.5. The number of hydrogen-bond donors (Lipinski definition) is 1. The Labute approximate surface area is 169 Å². The Bertz CT molecular complexity index is 835. The van der Waals surface area contributed by atoms with Gasteiger partial charge in [0.25, 0.3) is 5.91 Å². The highest BCUT2D eigenvalue weighted by atomic mass is 16.6. The third kappa shape index (κ3) is 5.13. The molecule has 2 heterocycles. The first-order valence-corrected chi connectivity index (χ1v) is 9.64. The Hall–Kier alpha value is -3.36. The molecular formula is C20H25N5O4. The van der Waals surface area contributed by atoms with Crippen LogP contribution in [-0.4, -0.2) is 66.3 Å². The SMILES string of the molecule is CCOC(=O)N1CCN(c2cnc(C(=O)Nc3ccccc3OCC)cn2)CC1. The molecule has 3 rings (SSSR count). The first kappa shape index (κ1) is 20.4. The molecule has 0 aliphatic carbocycles. The van der Waals surface area contributed by atoms with Gasteiger partial charge in [-0.1, -0.05) is 12.1 Å². The molecular weight excluding hydrogens is 374 g/mol. The molecule has 1 aliphatic heterocycles. The molecule has 0 radical (unpaired) electrons. The number of aromatic nitrogens is 2. The molecule has 0 unspecified atom stereocenters. The van der Waals surface area contributed by atoms with E-state index in [1.165, 1.54) is 6.20 Å². The molecule has 1 saturated heterocycles. The Morgan fingerprint density at radius 2 is 1.79 bits per heavy atom. The molecule has 0 spiro atoms. The minimum atomic E-state index is -0.358. The summed E-state index contributed by atoms with van der Waals surface area (Å²) in [5, 5.41) is 2.80. The summed E-state index contributed by atoms with van der Waals surface area (Å²) in [4.78, 5) is 36.6. The molecule has 9 nitrogen and oxygen atoms in total. The highest BCUT2D eigenvalue weighted by molar-refractivity contribution is 6.03. The van der Waals surface area contributed by atoms with Crippen molar-refractivity contribution >= 4 is 23.5 Å². The van der Waals surface area contributed by atoms with Gasteiger partial charge in [0, 0.05) is 26.2 Å². The lowest BCUT2D eigenvalue weighted by Crippen LogP contribution is -2.49. The van der Waals surface area contributed by atoms with Crippen molar-refractivity contribution in [2.75, 3.05) is 49.6 Å². The molecule has 29 heavy (non-hydrogen) atoms. The average molecular weight is 399 g/mol. The Morgan fingerprint density at radius 3 is 2.45 bits per heavy atom. The number of carbonyl (C=O) groups excluding carboxylic acids is 2. The van der Waals surface area contributed by atoms with E-state index in [4.69, 9.17) is 9.47 Å². The molecule has 1 aromatic heterocycles. The molecule has 1 N–H and O–H groups in total. The van der Waals surface area contributed by atoms with Crippen LogP contribution in [0.2, 0.25) is 0 Å². The predicted molar refractivity (Wildman–Crippen MR) is 108 cm³/mol. The van der Waals surface area contributed by atoms with Gasteiger partial charge in [0.05, 0.1) is 31.3 Å². The van der Waals surface area contributed by atoms with Gasteiger partial charge in [0.2, 0.25) is 0 Å². The maximum Gasteiger partial charge on any atom is 0.409 e. The molecule has 1 aromatic carbocycles. The van der Waals surface area contributed by atoms with E-state index in [1.54, 1.807) is 30.2 Å². The first-order valence-electron chi connectivity index (χ1n) is 9.64. The van der Waals surface area contributed by atoms with Crippen LogP contribution in [0.4, 0.5) is 16.3 Å². The van der Waals surface area contributed by atoms with Crippen molar-refractivity contribution < 1.29 is 19.1 Å². The van der Waals surface area contributed by atoms with Crippen LogP contribution >= 0.6 is 0 Å². The summed E-state index contributed by atoms with van der Waals surface area (Å²) in [6, 6.07) is 7.23. The zero-order valence-corrected chi connectivity index (χ0v) is 16.6. The second kappa shape index (κ2) is 9.72. The topological polar surface area (TPSA) is 96.9 Å². The van der Waals surface area contributed by atoms with E-state index in [9.17, 15) is 9.59 Å². The molecule has 0 saturated carbocycles. The molecule has 2 aromatic rings. The van der Waals surface area contributed by atoms with Crippen molar-refractivity contribution in [3.8, 4) is 5.75 Å². The minimum Gasteiger partial charge on any atom is -0.492 e. The number of anilines is 2. The maximum atomic E-state index is 12.5. The van der Waals surface area contributed by atoms with E-state index >= 15 is 0 Å². The van der Waals surface area contributed by atoms with Gasteiger partial charge in [-0.05, 0) is 26.0 Å². The van der Waals surface area contributed by atoms with Gasteiger partial charge in [-0.2, -0.15) is 0 Å². The summed E-state index contributed by atoms with van der Waals surface area (Å²) >= 11 is 0. The van der Waals surface area contributed by atoms with Crippen LogP contribution in [-0.2, 0) is 4.74 Å². The normalized spacial score (nSPS) is 13.7. The molecule has 0 atom stereocenters. The van der Waals surface area contributed by atoms with E-state index < -0.39 is 0 Å². The standard InChI is InChI=1S/C20H25N5O4/c1-3-28-17-8-6-5-7-15(17)23-19(26)16-13-22-18(14-21-16)24-9-11-25(12-10-24)20(27)29-4-2/h5-8,13-14H,3-4,9-12H2,1-2H3,(H,23,26). The van der Waals surface area contributed by atoms with Crippen molar-refractivity contribution in [2.24, 2.45) is 0 Å². The second-order valence-electron chi connectivity index (χ2n) is 6.32. The van der Waals surface area contributed by atoms with Crippen LogP contribution in [0.3, 0.4) is 0 Å². The van der Waals surface area contributed by atoms with Crippen LogP contribution in [0.25, 0.3) is 0 Å². The smallest absolute Gasteiger partial charge is 0.409 e. The van der Waals surface area contributed by atoms with Gasteiger partial charge in [0.1, 0.15) is 17.3 Å². The Balaban J connectivity index is 1.59. The monoisotopic (exact) mass is 399 g/mol. The molecule has 9 heteroatoms. The van der Waals surface area contributed by atoms with Gasteiger partial charge in [-0.25, -0.2) is 14.8 Å². The van der Waals surface area contributed by atoms with Gasteiger partial charge < -0.3 is 24.6 Å². The lowest BCUT2D eigenvalue weighted by Gasteiger charge is -2.34. The molecule has 2 amide bonds. The number of rotatable bonds is 6. The number of hydrogen-bond acceptors (Lipinski definition) is 7. The van der Waals surface area contributed by atoms with E-state index in [0.29, 0.717) is 56.6 Å². The fourth-order valence-corrected chi connectivity index (χ4v) is 2.97. The summed E-state index contributed by atoms with van der Waals surface area (Å²) in [6.45, 7) is 6.90.